The predicted octanol–water partition coefficient (Wildman–Crippen LogP) is 1.51. The standard InChI is InChI=1S/C16H25N3O/c1-13(17-10-12-18(2)3)16(20)19-11-6-8-14-7-4-5-9-15(14)19/h4-5,7,9,13,17H,6,8,10-12H2,1-3H3. The lowest BCUT2D eigenvalue weighted by molar-refractivity contribution is -0.120. The van der Waals surface area contributed by atoms with E-state index in [9.17, 15) is 4.79 Å². The third kappa shape index (κ3) is 3.58. The second kappa shape index (κ2) is 6.86. The Morgan fingerprint density at radius 1 is 1.40 bits per heavy atom. The molecule has 1 heterocycles. The Morgan fingerprint density at radius 2 is 2.15 bits per heavy atom. The molecule has 1 amide bonds. The molecule has 0 aromatic heterocycles. The van der Waals surface area contributed by atoms with Crippen LogP contribution < -0.4 is 10.2 Å². The van der Waals surface area contributed by atoms with Crippen LogP contribution in [0.1, 0.15) is 18.9 Å². The van der Waals surface area contributed by atoms with E-state index in [4.69, 9.17) is 0 Å². The van der Waals surface area contributed by atoms with Gasteiger partial charge in [0.1, 0.15) is 0 Å². The van der Waals surface area contributed by atoms with E-state index in [1.807, 2.05) is 38.1 Å². The predicted molar refractivity (Wildman–Crippen MR) is 83.1 cm³/mol. The topological polar surface area (TPSA) is 35.6 Å². The van der Waals surface area contributed by atoms with E-state index in [0.717, 1.165) is 38.2 Å². The number of anilines is 1. The number of benzene rings is 1. The van der Waals surface area contributed by atoms with Crippen molar-refractivity contribution in [1.82, 2.24) is 10.2 Å². The van der Waals surface area contributed by atoms with E-state index in [-0.39, 0.29) is 11.9 Å². The maximum absolute atomic E-state index is 12.6. The Labute approximate surface area is 121 Å². The van der Waals surface area contributed by atoms with Crippen molar-refractivity contribution in [1.29, 1.82) is 0 Å². The fourth-order valence-corrected chi connectivity index (χ4v) is 2.59. The first kappa shape index (κ1) is 15.0. The van der Waals surface area contributed by atoms with Crippen LogP contribution in [-0.4, -0.2) is 50.6 Å². The zero-order valence-electron chi connectivity index (χ0n) is 12.7. The number of amides is 1. The molecule has 1 aliphatic heterocycles. The van der Waals surface area contributed by atoms with Gasteiger partial charge >= 0.3 is 0 Å². The van der Waals surface area contributed by atoms with Crippen molar-refractivity contribution in [2.45, 2.75) is 25.8 Å². The molecule has 4 nitrogen and oxygen atoms in total. The summed E-state index contributed by atoms with van der Waals surface area (Å²) in [4.78, 5) is 16.6. The lowest BCUT2D eigenvalue weighted by atomic mass is 10.0. The van der Waals surface area contributed by atoms with Crippen LogP contribution in [0.15, 0.2) is 24.3 Å². The van der Waals surface area contributed by atoms with Crippen molar-refractivity contribution in [2.75, 3.05) is 38.6 Å². The molecule has 0 saturated heterocycles. The van der Waals surface area contributed by atoms with E-state index in [2.05, 4.69) is 22.3 Å². The van der Waals surface area contributed by atoms with Crippen molar-refractivity contribution < 1.29 is 4.79 Å². The number of carbonyl (C=O) groups excluding carboxylic acids is 1. The first-order chi connectivity index (χ1) is 9.59. The van der Waals surface area contributed by atoms with Gasteiger partial charge in [0.2, 0.25) is 5.91 Å². The molecule has 0 aliphatic carbocycles. The summed E-state index contributed by atoms with van der Waals surface area (Å²) in [5, 5.41) is 3.31. The Bertz CT molecular complexity index is 459. The summed E-state index contributed by atoms with van der Waals surface area (Å²) in [6.07, 6.45) is 2.12. The van der Waals surface area contributed by atoms with E-state index in [1.165, 1.54) is 5.56 Å². The van der Waals surface area contributed by atoms with Gasteiger partial charge < -0.3 is 15.1 Å². The largest absolute Gasteiger partial charge is 0.311 e. The van der Waals surface area contributed by atoms with Gasteiger partial charge in [-0.3, -0.25) is 4.79 Å². The fraction of sp³-hybridized carbons (Fsp3) is 0.562. The van der Waals surface area contributed by atoms with Gasteiger partial charge in [0.25, 0.3) is 0 Å². The number of carbonyl (C=O) groups is 1. The summed E-state index contributed by atoms with van der Waals surface area (Å²) >= 11 is 0. The first-order valence-electron chi connectivity index (χ1n) is 7.37. The highest BCUT2D eigenvalue weighted by Gasteiger charge is 2.25. The number of para-hydroxylation sites is 1. The molecule has 1 N–H and O–H groups in total. The van der Waals surface area contributed by atoms with Gasteiger partial charge in [0.05, 0.1) is 6.04 Å². The lowest BCUT2D eigenvalue weighted by Crippen LogP contribution is -2.48. The average molecular weight is 275 g/mol. The minimum absolute atomic E-state index is 0.138. The molecule has 0 spiro atoms. The van der Waals surface area contributed by atoms with Gasteiger partial charge in [-0.15, -0.1) is 0 Å². The van der Waals surface area contributed by atoms with Crippen LogP contribution in [0.4, 0.5) is 5.69 Å². The summed E-state index contributed by atoms with van der Waals surface area (Å²) in [5.41, 5.74) is 2.37. The van der Waals surface area contributed by atoms with E-state index in [1.54, 1.807) is 0 Å². The Balaban J connectivity index is 1.99. The second-order valence-corrected chi connectivity index (χ2v) is 5.70. The number of fused-ring (bicyclic) bond motifs is 1. The van der Waals surface area contributed by atoms with Crippen molar-refractivity contribution in [3.63, 3.8) is 0 Å². The molecule has 1 aliphatic rings. The summed E-state index contributed by atoms with van der Waals surface area (Å²) in [6.45, 7) is 4.55. The Morgan fingerprint density at radius 3 is 2.90 bits per heavy atom. The lowest BCUT2D eigenvalue weighted by Gasteiger charge is -2.31. The maximum Gasteiger partial charge on any atom is 0.243 e. The normalized spacial score (nSPS) is 16.1. The van der Waals surface area contributed by atoms with Crippen LogP contribution in [0.25, 0.3) is 0 Å². The second-order valence-electron chi connectivity index (χ2n) is 5.70. The highest BCUT2D eigenvalue weighted by atomic mass is 16.2. The Hall–Kier alpha value is -1.39. The van der Waals surface area contributed by atoms with Crippen molar-refractivity contribution >= 4 is 11.6 Å². The molecule has 1 aromatic rings. The summed E-state index contributed by atoms with van der Waals surface area (Å²) in [7, 11) is 4.07. The van der Waals surface area contributed by atoms with Gasteiger partial charge in [-0.25, -0.2) is 0 Å². The summed E-state index contributed by atoms with van der Waals surface area (Å²) < 4.78 is 0. The zero-order valence-corrected chi connectivity index (χ0v) is 12.7. The maximum atomic E-state index is 12.6. The average Bonchev–Trinajstić information content (AvgIpc) is 2.45. The third-order valence-electron chi connectivity index (χ3n) is 3.76. The molecule has 0 fully saturated rings. The first-order valence-corrected chi connectivity index (χ1v) is 7.37. The van der Waals surface area contributed by atoms with Crippen LogP contribution in [0.2, 0.25) is 0 Å². The van der Waals surface area contributed by atoms with Crippen LogP contribution in [0, 0.1) is 0 Å². The molecular formula is C16H25N3O. The minimum Gasteiger partial charge on any atom is -0.311 e. The minimum atomic E-state index is -0.138. The van der Waals surface area contributed by atoms with Gasteiger partial charge in [-0.05, 0) is 45.5 Å². The molecule has 2 rings (SSSR count). The molecule has 0 saturated carbocycles. The molecule has 4 heteroatoms. The number of hydrogen-bond donors (Lipinski definition) is 1. The molecule has 1 aromatic carbocycles. The van der Waals surface area contributed by atoms with Crippen LogP contribution in [-0.2, 0) is 11.2 Å². The van der Waals surface area contributed by atoms with Gasteiger partial charge in [0.15, 0.2) is 0 Å². The van der Waals surface area contributed by atoms with E-state index in [0.29, 0.717) is 0 Å². The highest BCUT2D eigenvalue weighted by Crippen LogP contribution is 2.27. The SMILES string of the molecule is CC(NCCN(C)C)C(=O)N1CCCc2ccccc21. The number of hydrogen-bond acceptors (Lipinski definition) is 3. The molecule has 20 heavy (non-hydrogen) atoms. The van der Waals surface area contributed by atoms with Crippen molar-refractivity contribution in [2.24, 2.45) is 0 Å². The number of rotatable bonds is 5. The molecule has 0 bridgehead atoms. The molecule has 1 unspecified atom stereocenters. The fourth-order valence-electron chi connectivity index (χ4n) is 2.59. The molecule has 0 radical (unpaired) electrons. The molecule has 110 valence electrons. The quantitative estimate of drug-likeness (QED) is 0.884. The number of likely N-dealkylation sites (N-methyl/N-ethyl adjacent to an activating group) is 1. The number of nitrogens with zero attached hydrogens (tertiary/aromatic N) is 2. The van der Waals surface area contributed by atoms with Crippen molar-refractivity contribution in [3.05, 3.63) is 29.8 Å². The van der Waals surface area contributed by atoms with Gasteiger partial charge in [-0.1, -0.05) is 18.2 Å². The monoisotopic (exact) mass is 275 g/mol. The van der Waals surface area contributed by atoms with Gasteiger partial charge in [-0.2, -0.15) is 0 Å². The van der Waals surface area contributed by atoms with E-state index >= 15 is 0 Å². The summed E-state index contributed by atoms with van der Waals surface area (Å²) in [6, 6.07) is 8.10. The number of aryl methyl sites for hydroxylation is 1. The third-order valence-corrected chi connectivity index (χ3v) is 3.76. The molecule has 1 atom stereocenters. The van der Waals surface area contributed by atoms with Crippen LogP contribution >= 0.6 is 0 Å². The Kier molecular flexibility index (Phi) is 5.15. The smallest absolute Gasteiger partial charge is 0.243 e. The van der Waals surface area contributed by atoms with Gasteiger partial charge in [0, 0.05) is 25.3 Å². The summed E-state index contributed by atoms with van der Waals surface area (Å²) in [5.74, 6) is 0.177. The molecular weight excluding hydrogens is 250 g/mol. The van der Waals surface area contributed by atoms with Crippen molar-refractivity contribution in [3.8, 4) is 0 Å². The number of nitrogens with one attached hydrogen (secondary N) is 1. The van der Waals surface area contributed by atoms with Crippen LogP contribution in [0.5, 0.6) is 0 Å². The zero-order chi connectivity index (χ0) is 14.5. The highest BCUT2D eigenvalue weighted by molar-refractivity contribution is 5.97. The van der Waals surface area contributed by atoms with E-state index < -0.39 is 0 Å². The van der Waals surface area contributed by atoms with Crippen LogP contribution in [0.3, 0.4) is 0 Å².